The van der Waals surface area contributed by atoms with E-state index >= 15 is 0 Å². The van der Waals surface area contributed by atoms with Crippen LogP contribution in [0.1, 0.15) is 15.2 Å². The van der Waals surface area contributed by atoms with Crippen LogP contribution in [-0.2, 0) is 6.54 Å². The number of amides is 1. The third-order valence-electron chi connectivity index (χ3n) is 1.95. The Morgan fingerprint density at radius 2 is 2.38 bits per heavy atom. The molecule has 0 atom stereocenters. The Bertz CT molecular complexity index is 485. The van der Waals surface area contributed by atoms with E-state index in [1.165, 1.54) is 6.20 Å². The molecule has 5 nitrogen and oxygen atoms in total. The van der Waals surface area contributed by atoms with Gasteiger partial charge in [0.2, 0.25) is 0 Å². The second-order valence-corrected chi connectivity index (χ2v) is 3.92. The van der Waals surface area contributed by atoms with Crippen LogP contribution >= 0.6 is 11.5 Å². The first-order valence-electron chi connectivity index (χ1n) is 4.59. The molecule has 0 fully saturated rings. The maximum Gasteiger partial charge on any atom is 0.264 e. The predicted molar refractivity (Wildman–Crippen MR) is 59.2 cm³/mol. The van der Waals surface area contributed by atoms with Crippen molar-refractivity contribution in [2.45, 2.75) is 6.54 Å². The molecule has 0 spiro atoms. The molecule has 6 heteroatoms. The molecule has 0 aliphatic heterocycles. The lowest BCUT2D eigenvalue weighted by Gasteiger charge is -2.03. The Labute approximate surface area is 95.9 Å². The average Bonchev–Trinajstić information content (AvgIpc) is 2.79. The first kappa shape index (κ1) is 10.6. The van der Waals surface area contributed by atoms with E-state index in [1.807, 2.05) is 6.07 Å². The van der Waals surface area contributed by atoms with E-state index in [4.69, 9.17) is 0 Å². The SMILES string of the molecule is O=C(NCc1cccc(O)c1)c1cnns1. The second kappa shape index (κ2) is 4.71. The van der Waals surface area contributed by atoms with Gasteiger partial charge in [0.05, 0.1) is 6.20 Å². The van der Waals surface area contributed by atoms with E-state index in [0.717, 1.165) is 17.1 Å². The van der Waals surface area contributed by atoms with Crippen molar-refractivity contribution in [1.29, 1.82) is 0 Å². The van der Waals surface area contributed by atoms with Crippen molar-refractivity contribution in [1.82, 2.24) is 14.9 Å². The van der Waals surface area contributed by atoms with Crippen LogP contribution in [0, 0.1) is 0 Å². The summed E-state index contributed by atoms with van der Waals surface area (Å²) in [5, 5.41) is 15.5. The van der Waals surface area contributed by atoms with E-state index in [-0.39, 0.29) is 11.7 Å². The Balaban J connectivity index is 1.95. The molecule has 82 valence electrons. The zero-order valence-corrected chi connectivity index (χ0v) is 9.07. The highest BCUT2D eigenvalue weighted by Gasteiger charge is 2.07. The molecule has 1 heterocycles. The molecule has 1 aromatic heterocycles. The summed E-state index contributed by atoms with van der Waals surface area (Å²) < 4.78 is 3.60. The van der Waals surface area contributed by atoms with Crippen LogP contribution in [0.2, 0.25) is 0 Å². The normalized spacial score (nSPS) is 10.0. The van der Waals surface area contributed by atoms with Crippen LogP contribution in [0.5, 0.6) is 5.75 Å². The zero-order valence-electron chi connectivity index (χ0n) is 8.25. The molecule has 0 unspecified atom stereocenters. The van der Waals surface area contributed by atoms with Crippen LogP contribution in [0.4, 0.5) is 0 Å². The molecule has 16 heavy (non-hydrogen) atoms. The molecule has 0 aliphatic rings. The first-order chi connectivity index (χ1) is 7.75. The molecule has 0 aliphatic carbocycles. The summed E-state index contributed by atoms with van der Waals surface area (Å²) in [6.45, 7) is 0.366. The highest BCUT2D eigenvalue weighted by atomic mass is 32.1. The number of carbonyl (C=O) groups is 1. The van der Waals surface area contributed by atoms with Gasteiger partial charge in [0.25, 0.3) is 5.91 Å². The van der Waals surface area contributed by atoms with Crippen LogP contribution in [0.25, 0.3) is 0 Å². The van der Waals surface area contributed by atoms with Crippen molar-refractivity contribution in [3.8, 4) is 5.75 Å². The van der Waals surface area contributed by atoms with E-state index in [9.17, 15) is 9.90 Å². The smallest absolute Gasteiger partial charge is 0.264 e. The van der Waals surface area contributed by atoms with E-state index in [0.29, 0.717) is 11.4 Å². The second-order valence-electron chi connectivity index (χ2n) is 3.13. The van der Waals surface area contributed by atoms with Gasteiger partial charge >= 0.3 is 0 Å². The standard InChI is InChI=1S/C10H9N3O2S/c14-8-3-1-2-7(4-8)5-11-10(15)9-6-12-13-16-9/h1-4,6,14H,5H2,(H,11,15). The molecule has 0 saturated heterocycles. The number of hydrogen-bond acceptors (Lipinski definition) is 5. The number of phenols is 1. The lowest BCUT2D eigenvalue weighted by molar-refractivity contribution is 0.0954. The van der Waals surface area contributed by atoms with Crippen LogP contribution in [-0.4, -0.2) is 20.6 Å². The number of nitrogens with one attached hydrogen (secondary N) is 1. The minimum atomic E-state index is -0.210. The fraction of sp³-hybridized carbons (Fsp3) is 0.100. The van der Waals surface area contributed by atoms with Gasteiger partial charge in [0.15, 0.2) is 0 Å². The Hall–Kier alpha value is -1.95. The van der Waals surface area contributed by atoms with Gasteiger partial charge in [-0.2, -0.15) is 0 Å². The number of aromatic nitrogens is 2. The van der Waals surface area contributed by atoms with Crippen LogP contribution in [0.15, 0.2) is 30.5 Å². The summed E-state index contributed by atoms with van der Waals surface area (Å²) in [6, 6.07) is 6.74. The minimum absolute atomic E-state index is 0.186. The van der Waals surface area contributed by atoms with E-state index < -0.39 is 0 Å². The van der Waals surface area contributed by atoms with Gasteiger partial charge in [-0.25, -0.2) is 0 Å². The highest BCUT2D eigenvalue weighted by Crippen LogP contribution is 2.10. The monoisotopic (exact) mass is 235 g/mol. The van der Waals surface area contributed by atoms with Gasteiger partial charge in [-0.3, -0.25) is 4.79 Å². The van der Waals surface area contributed by atoms with Gasteiger partial charge in [-0.05, 0) is 29.2 Å². The molecule has 2 rings (SSSR count). The molecule has 0 saturated carbocycles. The van der Waals surface area contributed by atoms with Crippen molar-refractivity contribution in [2.75, 3.05) is 0 Å². The highest BCUT2D eigenvalue weighted by molar-refractivity contribution is 7.07. The Morgan fingerprint density at radius 3 is 3.06 bits per heavy atom. The number of aromatic hydroxyl groups is 1. The maximum absolute atomic E-state index is 11.5. The molecular weight excluding hydrogens is 226 g/mol. The Kier molecular flexibility index (Phi) is 3.11. The Morgan fingerprint density at radius 1 is 1.50 bits per heavy atom. The summed E-state index contributed by atoms with van der Waals surface area (Å²) in [4.78, 5) is 12.0. The van der Waals surface area contributed by atoms with Gasteiger partial charge < -0.3 is 10.4 Å². The molecule has 0 radical (unpaired) electrons. The third-order valence-corrected chi connectivity index (χ3v) is 2.61. The lowest BCUT2D eigenvalue weighted by atomic mass is 10.2. The number of phenolic OH excluding ortho intramolecular Hbond substituents is 1. The van der Waals surface area contributed by atoms with E-state index in [1.54, 1.807) is 18.2 Å². The van der Waals surface area contributed by atoms with Crippen molar-refractivity contribution in [3.05, 3.63) is 40.9 Å². The summed E-state index contributed by atoms with van der Waals surface area (Å²) in [7, 11) is 0. The largest absolute Gasteiger partial charge is 0.508 e. The third kappa shape index (κ3) is 2.54. The molecule has 2 aromatic rings. The van der Waals surface area contributed by atoms with Gasteiger partial charge in [-0.1, -0.05) is 16.6 Å². The molecule has 1 amide bonds. The first-order valence-corrected chi connectivity index (χ1v) is 5.36. The molecule has 1 aromatic carbocycles. The predicted octanol–water partition coefficient (Wildman–Crippen LogP) is 1.17. The zero-order chi connectivity index (χ0) is 11.4. The van der Waals surface area contributed by atoms with Gasteiger partial charge in [-0.15, -0.1) is 5.10 Å². The minimum Gasteiger partial charge on any atom is -0.508 e. The van der Waals surface area contributed by atoms with Crippen molar-refractivity contribution in [3.63, 3.8) is 0 Å². The molecular formula is C10H9N3O2S. The van der Waals surface area contributed by atoms with Crippen molar-refractivity contribution in [2.24, 2.45) is 0 Å². The van der Waals surface area contributed by atoms with Crippen LogP contribution in [0.3, 0.4) is 0 Å². The summed E-state index contributed by atoms with van der Waals surface area (Å²) >= 11 is 1.05. The summed E-state index contributed by atoms with van der Waals surface area (Å²) in [5.74, 6) is -0.0236. The number of benzene rings is 1. The van der Waals surface area contributed by atoms with Crippen LogP contribution < -0.4 is 5.32 Å². The number of rotatable bonds is 3. The molecule has 2 N–H and O–H groups in total. The number of hydrogen-bond donors (Lipinski definition) is 2. The summed E-state index contributed by atoms with van der Waals surface area (Å²) in [6.07, 6.45) is 1.42. The summed E-state index contributed by atoms with van der Waals surface area (Å²) in [5.41, 5.74) is 0.839. The van der Waals surface area contributed by atoms with Crippen molar-refractivity contribution < 1.29 is 9.90 Å². The maximum atomic E-state index is 11.5. The fourth-order valence-corrected chi connectivity index (χ4v) is 1.63. The van der Waals surface area contributed by atoms with Gasteiger partial charge in [0.1, 0.15) is 10.6 Å². The lowest BCUT2D eigenvalue weighted by Crippen LogP contribution is -2.21. The topological polar surface area (TPSA) is 75.1 Å². The average molecular weight is 235 g/mol. The quantitative estimate of drug-likeness (QED) is 0.837. The fourth-order valence-electron chi connectivity index (χ4n) is 1.20. The number of nitrogens with zero attached hydrogens (tertiary/aromatic N) is 2. The molecule has 0 bridgehead atoms. The van der Waals surface area contributed by atoms with Crippen molar-refractivity contribution >= 4 is 17.4 Å². The van der Waals surface area contributed by atoms with E-state index in [2.05, 4.69) is 14.9 Å². The van der Waals surface area contributed by atoms with Gasteiger partial charge in [0, 0.05) is 6.54 Å². The number of carbonyl (C=O) groups excluding carboxylic acids is 1.